The van der Waals surface area contributed by atoms with Crippen molar-refractivity contribution in [2.45, 2.75) is 27.2 Å². The third-order valence-corrected chi connectivity index (χ3v) is 3.67. The minimum Gasteiger partial charge on any atom is -0.370 e. The summed E-state index contributed by atoms with van der Waals surface area (Å²) < 4.78 is 0.908. The van der Waals surface area contributed by atoms with E-state index in [2.05, 4.69) is 50.4 Å². The Balaban J connectivity index is 2.09. The molecule has 0 atom stereocenters. The molecule has 1 heterocycles. The second-order valence-corrected chi connectivity index (χ2v) is 6.68. The Hall–Kier alpha value is -1.95. The van der Waals surface area contributed by atoms with Gasteiger partial charge in [0.2, 0.25) is 0 Å². The van der Waals surface area contributed by atoms with Crippen LogP contribution in [0.3, 0.4) is 0 Å². The predicted octanol–water partition coefficient (Wildman–Crippen LogP) is 4.26. The van der Waals surface area contributed by atoms with Crippen LogP contribution in [0.5, 0.6) is 0 Å². The average Bonchev–Trinajstić information content (AvgIpc) is 2.46. The summed E-state index contributed by atoms with van der Waals surface area (Å²) in [6.07, 6.45) is 1.04. The highest BCUT2D eigenvalue weighted by atomic mass is 79.9. The number of carbonyl (C=O) groups is 1. The molecular formula is C17H21BrN4O. The van der Waals surface area contributed by atoms with E-state index in [4.69, 9.17) is 0 Å². The van der Waals surface area contributed by atoms with Crippen molar-refractivity contribution in [3.63, 3.8) is 0 Å². The van der Waals surface area contributed by atoms with Crippen molar-refractivity contribution in [2.75, 3.05) is 17.2 Å². The van der Waals surface area contributed by atoms with Gasteiger partial charge in [-0.1, -0.05) is 35.8 Å². The number of benzene rings is 1. The minimum absolute atomic E-state index is 0.250. The van der Waals surface area contributed by atoms with Crippen LogP contribution in [-0.4, -0.2) is 22.4 Å². The lowest BCUT2D eigenvalue weighted by Gasteiger charge is -2.10. The molecule has 1 aromatic carbocycles. The van der Waals surface area contributed by atoms with Crippen molar-refractivity contribution in [3.8, 4) is 0 Å². The molecule has 2 N–H and O–H groups in total. The molecule has 0 aliphatic carbocycles. The Morgan fingerprint density at radius 3 is 2.74 bits per heavy atom. The van der Waals surface area contributed by atoms with E-state index < -0.39 is 0 Å². The second-order valence-electron chi connectivity index (χ2n) is 5.76. The van der Waals surface area contributed by atoms with Gasteiger partial charge in [-0.05, 0) is 37.5 Å². The predicted molar refractivity (Wildman–Crippen MR) is 96.8 cm³/mol. The van der Waals surface area contributed by atoms with E-state index in [1.54, 1.807) is 13.0 Å². The topological polar surface area (TPSA) is 66.9 Å². The lowest BCUT2D eigenvalue weighted by atomic mass is 10.1. The third kappa shape index (κ3) is 5.63. The van der Waals surface area contributed by atoms with Crippen LogP contribution in [0.15, 0.2) is 34.8 Å². The van der Waals surface area contributed by atoms with Crippen LogP contribution >= 0.6 is 15.9 Å². The maximum atomic E-state index is 12.4. The number of aromatic nitrogens is 2. The van der Waals surface area contributed by atoms with Gasteiger partial charge in [-0.2, -0.15) is 0 Å². The van der Waals surface area contributed by atoms with Gasteiger partial charge in [0.15, 0.2) is 0 Å². The van der Waals surface area contributed by atoms with Gasteiger partial charge in [-0.3, -0.25) is 4.79 Å². The zero-order valence-electron chi connectivity index (χ0n) is 13.6. The Labute approximate surface area is 145 Å². The maximum Gasteiger partial charge on any atom is 0.274 e. The van der Waals surface area contributed by atoms with Crippen molar-refractivity contribution < 1.29 is 4.79 Å². The number of hydrogen-bond acceptors (Lipinski definition) is 4. The molecule has 0 fully saturated rings. The molecule has 5 nitrogen and oxygen atoms in total. The first-order chi connectivity index (χ1) is 10.9. The standard InChI is InChI=1S/C17H21BrN4O/c1-11(2)7-8-19-16-10-15(20-12(3)21-16)17(23)22-14-6-4-5-13(18)9-14/h4-6,9-11H,7-8H2,1-3H3,(H,22,23)(H,19,20,21). The van der Waals surface area contributed by atoms with Gasteiger partial charge in [0, 0.05) is 22.8 Å². The SMILES string of the molecule is Cc1nc(NCCC(C)C)cc(C(=O)Nc2cccc(Br)c2)n1. The van der Waals surface area contributed by atoms with Gasteiger partial charge in [-0.25, -0.2) is 9.97 Å². The molecule has 0 saturated heterocycles. The number of halogens is 1. The maximum absolute atomic E-state index is 12.4. The number of nitrogens with zero attached hydrogens (tertiary/aromatic N) is 2. The quantitative estimate of drug-likeness (QED) is 0.790. The molecule has 0 radical (unpaired) electrons. The molecule has 0 bridgehead atoms. The summed E-state index contributed by atoms with van der Waals surface area (Å²) in [5.74, 6) is 1.61. The van der Waals surface area contributed by atoms with E-state index in [1.807, 2.05) is 24.3 Å². The molecule has 1 amide bonds. The monoisotopic (exact) mass is 376 g/mol. The molecule has 0 aliphatic heterocycles. The normalized spacial score (nSPS) is 10.7. The highest BCUT2D eigenvalue weighted by molar-refractivity contribution is 9.10. The Kier molecular flexibility index (Phi) is 6.10. The van der Waals surface area contributed by atoms with E-state index in [9.17, 15) is 4.79 Å². The van der Waals surface area contributed by atoms with Crippen molar-refractivity contribution >= 4 is 33.3 Å². The number of carbonyl (C=O) groups excluding carboxylic acids is 1. The summed E-state index contributed by atoms with van der Waals surface area (Å²) >= 11 is 3.38. The van der Waals surface area contributed by atoms with E-state index in [0.29, 0.717) is 23.3 Å². The van der Waals surface area contributed by atoms with Crippen LogP contribution in [0.4, 0.5) is 11.5 Å². The third-order valence-electron chi connectivity index (χ3n) is 3.18. The summed E-state index contributed by atoms with van der Waals surface area (Å²) in [5, 5.41) is 6.09. The van der Waals surface area contributed by atoms with Crippen molar-refractivity contribution in [1.29, 1.82) is 0 Å². The number of amides is 1. The van der Waals surface area contributed by atoms with E-state index >= 15 is 0 Å². The molecule has 0 saturated carbocycles. The summed E-state index contributed by atoms with van der Waals surface area (Å²) in [7, 11) is 0. The van der Waals surface area contributed by atoms with Crippen LogP contribution in [0.25, 0.3) is 0 Å². The molecule has 23 heavy (non-hydrogen) atoms. The number of rotatable bonds is 6. The van der Waals surface area contributed by atoms with Crippen LogP contribution in [0.2, 0.25) is 0 Å². The summed E-state index contributed by atoms with van der Waals surface area (Å²) in [4.78, 5) is 20.9. The average molecular weight is 377 g/mol. The molecule has 2 rings (SSSR count). The lowest BCUT2D eigenvalue weighted by Crippen LogP contribution is -2.16. The molecule has 0 unspecified atom stereocenters. The van der Waals surface area contributed by atoms with Gasteiger partial charge in [-0.15, -0.1) is 0 Å². The first-order valence-corrected chi connectivity index (χ1v) is 8.40. The minimum atomic E-state index is -0.250. The van der Waals surface area contributed by atoms with Crippen molar-refractivity contribution in [2.24, 2.45) is 5.92 Å². The lowest BCUT2D eigenvalue weighted by molar-refractivity contribution is 0.102. The molecule has 122 valence electrons. The van der Waals surface area contributed by atoms with Gasteiger partial charge in [0.05, 0.1) is 0 Å². The Morgan fingerprint density at radius 2 is 2.04 bits per heavy atom. The highest BCUT2D eigenvalue weighted by Gasteiger charge is 2.11. The van der Waals surface area contributed by atoms with E-state index in [0.717, 1.165) is 23.1 Å². The fourth-order valence-corrected chi connectivity index (χ4v) is 2.42. The largest absolute Gasteiger partial charge is 0.370 e. The zero-order valence-corrected chi connectivity index (χ0v) is 15.1. The number of aryl methyl sites for hydroxylation is 1. The molecule has 0 aliphatic rings. The van der Waals surface area contributed by atoms with Gasteiger partial charge in [0.1, 0.15) is 17.3 Å². The Bertz CT molecular complexity index is 688. The molecule has 2 aromatic rings. The molecule has 6 heteroatoms. The molecule has 1 aromatic heterocycles. The molecular weight excluding hydrogens is 356 g/mol. The fraction of sp³-hybridized carbons (Fsp3) is 0.353. The van der Waals surface area contributed by atoms with Gasteiger partial charge >= 0.3 is 0 Å². The number of nitrogens with one attached hydrogen (secondary N) is 2. The van der Waals surface area contributed by atoms with E-state index in [1.165, 1.54) is 0 Å². The fourth-order valence-electron chi connectivity index (χ4n) is 2.02. The zero-order chi connectivity index (χ0) is 16.8. The van der Waals surface area contributed by atoms with Gasteiger partial charge in [0.25, 0.3) is 5.91 Å². The summed E-state index contributed by atoms with van der Waals surface area (Å²) in [6.45, 7) is 6.94. The van der Waals surface area contributed by atoms with Crippen molar-refractivity contribution in [1.82, 2.24) is 9.97 Å². The summed E-state index contributed by atoms with van der Waals surface area (Å²) in [5.41, 5.74) is 1.07. The first-order valence-electron chi connectivity index (χ1n) is 7.60. The number of anilines is 2. The van der Waals surface area contributed by atoms with Crippen LogP contribution in [0, 0.1) is 12.8 Å². The Morgan fingerprint density at radius 1 is 1.26 bits per heavy atom. The van der Waals surface area contributed by atoms with Crippen LogP contribution in [0.1, 0.15) is 36.6 Å². The smallest absolute Gasteiger partial charge is 0.274 e. The van der Waals surface area contributed by atoms with Crippen molar-refractivity contribution in [3.05, 3.63) is 46.3 Å². The first kappa shape index (κ1) is 17.4. The number of hydrogen-bond donors (Lipinski definition) is 2. The van der Waals surface area contributed by atoms with Crippen LogP contribution in [-0.2, 0) is 0 Å². The van der Waals surface area contributed by atoms with Gasteiger partial charge < -0.3 is 10.6 Å². The second kappa shape index (κ2) is 8.06. The van der Waals surface area contributed by atoms with Crippen LogP contribution < -0.4 is 10.6 Å². The molecule has 0 spiro atoms. The highest BCUT2D eigenvalue weighted by Crippen LogP contribution is 2.17. The van der Waals surface area contributed by atoms with E-state index in [-0.39, 0.29) is 5.91 Å². The summed E-state index contributed by atoms with van der Waals surface area (Å²) in [6, 6.07) is 9.12.